The second-order valence-electron chi connectivity index (χ2n) is 9.09. The largest absolute Gasteiger partial charge is 0.508 e. The van der Waals surface area contributed by atoms with Gasteiger partial charge in [-0.25, -0.2) is 0 Å². The molecular weight excluding hydrogens is 438 g/mol. The lowest BCUT2D eigenvalue weighted by molar-refractivity contribution is 0.447. The van der Waals surface area contributed by atoms with E-state index in [-0.39, 0.29) is 17.2 Å². The van der Waals surface area contributed by atoms with Crippen molar-refractivity contribution in [3.05, 3.63) is 94.0 Å². The Balaban J connectivity index is 1.89. The van der Waals surface area contributed by atoms with E-state index in [4.69, 9.17) is 4.74 Å². The molecule has 3 N–H and O–H groups in total. The molecule has 0 heterocycles. The first-order valence-electron chi connectivity index (χ1n) is 11.5. The van der Waals surface area contributed by atoms with Crippen LogP contribution in [-0.2, 0) is 0 Å². The molecule has 0 amide bonds. The average Bonchev–Trinajstić information content (AvgIpc) is 2.82. The Morgan fingerprint density at radius 2 is 1.20 bits per heavy atom. The van der Waals surface area contributed by atoms with E-state index < -0.39 is 0 Å². The van der Waals surface area contributed by atoms with E-state index in [2.05, 4.69) is 0 Å². The van der Waals surface area contributed by atoms with E-state index in [1.54, 1.807) is 6.07 Å². The summed E-state index contributed by atoms with van der Waals surface area (Å²) in [6.07, 6.45) is 0. The van der Waals surface area contributed by atoms with Gasteiger partial charge in [0.25, 0.3) is 0 Å². The van der Waals surface area contributed by atoms with Gasteiger partial charge in [0.2, 0.25) is 0 Å². The van der Waals surface area contributed by atoms with Gasteiger partial charge in [-0.1, -0.05) is 18.2 Å². The zero-order valence-corrected chi connectivity index (χ0v) is 21.0. The molecule has 0 aliphatic heterocycles. The Morgan fingerprint density at radius 3 is 1.77 bits per heavy atom. The molecule has 0 aliphatic carbocycles. The van der Waals surface area contributed by atoms with Gasteiger partial charge in [-0.15, -0.1) is 0 Å². The monoisotopic (exact) mass is 469 g/mol. The fraction of sp³-hybridized carbons (Fsp3) is 0.200. The van der Waals surface area contributed by atoms with Crippen LogP contribution >= 0.6 is 0 Å². The van der Waals surface area contributed by atoms with Crippen molar-refractivity contribution in [1.82, 2.24) is 0 Å². The molecule has 4 aromatic carbocycles. The van der Waals surface area contributed by atoms with Crippen molar-refractivity contribution in [2.45, 2.75) is 41.5 Å². The number of hydrogen-bond acceptors (Lipinski definition) is 5. The van der Waals surface area contributed by atoms with E-state index in [1.165, 1.54) is 0 Å². The van der Waals surface area contributed by atoms with Gasteiger partial charge in [0, 0.05) is 28.4 Å². The maximum Gasteiger partial charge on any atom is 0.134 e. The highest BCUT2D eigenvalue weighted by Gasteiger charge is 2.21. The highest BCUT2D eigenvalue weighted by molar-refractivity contribution is 5.83. The van der Waals surface area contributed by atoms with Crippen LogP contribution in [0, 0.1) is 41.5 Å². The number of aromatic hydroxyl groups is 3. The van der Waals surface area contributed by atoms with Crippen molar-refractivity contribution in [3.8, 4) is 28.7 Å². The van der Waals surface area contributed by atoms with Crippen LogP contribution in [0.2, 0.25) is 0 Å². The molecule has 0 aromatic heterocycles. The molecule has 180 valence electrons. The predicted octanol–water partition coefficient (Wildman–Crippen LogP) is 7.92. The van der Waals surface area contributed by atoms with Gasteiger partial charge in [0.05, 0.1) is 11.4 Å². The van der Waals surface area contributed by atoms with E-state index in [0.717, 1.165) is 44.9 Å². The number of phenolic OH excluding ortho intramolecular Hbond substituents is 3. The molecular formula is C30H31NO4. The summed E-state index contributed by atoms with van der Waals surface area (Å²) in [7, 11) is 0. The van der Waals surface area contributed by atoms with Gasteiger partial charge >= 0.3 is 0 Å². The highest BCUT2D eigenvalue weighted by Crippen LogP contribution is 2.44. The summed E-state index contributed by atoms with van der Waals surface area (Å²) in [4.78, 5) is 2.01. The van der Waals surface area contributed by atoms with E-state index in [9.17, 15) is 15.3 Å². The lowest BCUT2D eigenvalue weighted by Crippen LogP contribution is -2.13. The van der Waals surface area contributed by atoms with Gasteiger partial charge in [0.15, 0.2) is 0 Å². The first kappa shape index (κ1) is 24.0. The number of anilines is 3. The number of nitrogens with zero attached hydrogens (tertiary/aromatic N) is 1. The minimum atomic E-state index is 0.189. The normalized spacial score (nSPS) is 10.9. The minimum Gasteiger partial charge on any atom is -0.508 e. The number of aryl methyl sites for hydroxylation is 3. The molecule has 4 rings (SSSR count). The molecule has 0 unspecified atom stereocenters. The fourth-order valence-corrected chi connectivity index (χ4v) is 4.27. The van der Waals surface area contributed by atoms with Crippen molar-refractivity contribution in [1.29, 1.82) is 0 Å². The van der Waals surface area contributed by atoms with Gasteiger partial charge in [0.1, 0.15) is 28.7 Å². The second kappa shape index (κ2) is 9.26. The summed E-state index contributed by atoms with van der Waals surface area (Å²) in [6.45, 7) is 11.2. The van der Waals surface area contributed by atoms with Crippen LogP contribution in [0.4, 0.5) is 17.1 Å². The molecule has 0 atom stereocenters. The Kier molecular flexibility index (Phi) is 6.35. The smallest absolute Gasteiger partial charge is 0.134 e. The van der Waals surface area contributed by atoms with Crippen LogP contribution in [0.25, 0.3) is 0 Å². The zero-order chi connectivity index (χ0) is 25.4. The number of rotatable bonds is 5. The van der Waals surface area contributed by atoms with Gasteiger partial charge < -0.3 is 25.0 Å². The van der Waals surface area contributed by atoms with Crippen molar-refractivity contribution in [2.24, 2.45) is 0 Å². The van der Waals surface area contributed by atoms with Crippen LogP contribution in [0.3, 0.4) is 0 Å². The van der Waals surface area contributed by atoms with Crippen molar-refractivity contribution in [3.63, 3.8) is 0 Å². The van der Waals surface area contributed by atoms with Crippen LogP contribution in [-0.4, -0.2) is 15.3 Å². The zero-order valence-electron chi connectivity index (χ0n) is 21.0. The van der Waals surface area contributed by atoms with Gasteiger partial charge in [-0.05, 0) is 94.6 Å². The van der Waals surface area contributed by atoms with Crippen LogP contribution in [0.15, 0.2) is 60.7 Å². The van der Waals surface area contributed by atoms with Crippen molar-refractivity contribution >= 4 is 17.1 Å². The summed E-state index contributed by atoms with van der Waals surface area (Å²) in [6, 6.07) is 18.9. The van der Waals surface area contributed by atoms with Crippen molar-refractivity contribution in [2.75, 3.05) is 4.90 Å². The van der Waals surface area contributed by atoms with Crippen LogP contribution in [0.5, 0.6) is 28.7 Å². The predicted molar refractivity (Wildman–Crippen MR) is 141 cm³/mol. The molecule has 5 nitrogen and oxygen atoms in total. The minimum absolute atomic E-state index is 0.189. The topological polar surface area (TPSA) is 73.2 Å². The summed E-state index contributed by atoms with van der Waals surface area (Å²) in [5.74, 6) is 1.84. The molecule has 4 aromatic rings. The Labute approximate surface area is 206 Å². The summed E-state index contributed by atoms with van der Waals surface area (Å²) < 4.78 is 6.19. The highest BCUT2D eigenvalue weighted by atomic mass is 16.5. The maximum atomic E-state index is 10.7. The fourth-order valence-electron chi connectivity index (χ4n) is 4.27. The molecule has 0 bridgehead atoms. The third-order valence-corrected chi connectivity index (χ3v) is 6.47. The summed E-state index contributed by atoms with van der Waals surface area (Å²) in [5.41, 5.74) is 7.00. The third kappa shape index (κ3) is 4.50. The summed E-state index contributed by atoms with van der Waals surface area (Å²) >= 11 is 0. The number of phenols is 3. The first-order valence-corrected chi connectivity index (χ1v) is 11.5. The van der Waals surface area contributed by atoms with Gasteiger partial charge in [-0.2, -0.15) is 0 Å². The third-order valence-electron chi connectivity index (χ3n) is 6.47. The standard InChI is InChI=1S/C30H31NO4/c1-17-14-27(32)22(6)28(15-17)35-24-9-7-8-23(16-24)31(25-12-10-18(2)29(33)20(25)4)26-13-11-19(3)30(34)21(26)5/h7-16,32-34H,1-6H3. The molecule has 0 aliphatic rings. The Hall–Kier alpha value is -4.12. The van der Waals surface area contributed by atoms with Crippen LogP contribution < -0.4 is 9.64 Å². The van der Waals surface area contributed by atoms with Crippen LogP contribution in [0.1, 0.15) is 33.4 Å². The van der Waals surface area contributed by atoms with E-state index in [1.807, 2.05) is 101 Å². The molecule has 35 heavy (non-hydrogen) atoms. The molecule has 0 fully saturated rings. The van der Waals surface area contributed by atoms with Crippen molar-refractivity contribution < 1.29 is 20.1 Å². The average molecular weight is 470 g/mol. The lowest BCUT2D eigenvalue weighted by atomic mass is 10.0. The maximum absolute atomic E-state index is 10.7. The van der Waals surface area contributed by atoms with E-state index >= 15 is 0 Å². The van der Waals surface area contributed by atoms with E-state index in [0.29, 0.717) is 17.1 Å². The quantitative estimate of drug-likeness (QED) is 0.277. The molecule has 0 saturated carbocycles. The Morgan fingerprint density at radius 1 is 0.629 bits per heavy atom. The summed E-state index contributed by atoms with van der Waals surface area (Å²) in [5, 5.41) is 31.6. The SMILES string of the molecule is Cc1cc(O)c(C)c(Oc2cccc(N(c3ccc(C)c(O)c3C)c3ccc(C)c(O)c3C)c2)c1. The Bertz CT molecular complexity index is 1370. The number of hydrogen-bond donors (Lipinski definition) is 3. The first-order chi connectivity index (χ1) is 16.6. The number of benzene rings is 4. The second-order valence-corrected chi connectivity index (χ2v) is 9.09. The lowest BCUT2D eigenvalue weighted by Gasteiger charge is -2.30. The molecule has 0 spiro atoms. The molecule has 0 radical (unpaired) electrons. The molecule has 0 saturated heterocycles. The number of ether oxygens (including phenoxy) is 1. The molecule has 5 heteroatoms. The van der Waals surface area contributed by atoms with Gasteiger partial charge in [-0.3, -0.25) is 0 Å².